The van der Waals surface area contributed by atoms with E-state index in [1.54, 1.807) is 0 Å². The summed E-state index contributed by atoms with van der Waals surface area (Å²) in [6, 6.07) is 10.7. The minimum absolute atomic E-state index is 0.576. The summed E-state index contributed by atoms with van der Waals surface area (Å²) in [4.78, 5) is 6.74. The number of rotatable bonds is 3. The number of aromatic nitrogens is 3. The average molecular weight is 312 g/mol. The van der Waals surface area contributed by atoms with Gasteiger partial charge in [0.25, 0.3) is 0 Å². The monoisotopic (exact) mass is 312 g/mol. The van der Waals surface area contributed by atoms with Gasteiger partial charge in [-0.1, -0.05) is 30.3 Å². The van der Waals surface area contributed by atoms with Crippen LogP contribution in [0.15, 0.2) is 35.3 Å². The second-order valence-corrected chi connectivity index (χ2v) is 5.97. The van der Waals surface area contributed by atoms with Gasteiger partial charge >= 0.3 is 0 Å². The van der Waals surface area contributed by atoms with Gasteiger partial charge in [-0.15, -0.1) is 10.2 Å². The van der Waals surface area contributed by atoms with E-state index < -0.39 is 0 Å². The minimum Gasteiger partial charge on any atom is -0.349 e. The summed E-state index contributed by atoms with van der Waals surface area (Å²) in [6.45, 7) is 4.62. The zero-order valence-electron chi connectivity index (χ0n) is 14.0. The van der Waals surface area contributed by atoms with Crippen LogP contribution in [-0.4, -0.2) is 45.8 Å². The van der Waals surface area contributed by atoms with Crippen LogP contribution in [0.1, 0.15) is 29.6 Å². The standard InChI is InChI=1S/C17H24N6/c1-13-20-21-16(22(13)3)11-19-17(18-2)23-10-9-15(12-23)14-7-5-4-6-8-14/h4-8,15H,9-12H2,1-3H3,(H,18,19). The zero-order valence-corrected chi connectivity index (χ0v) is 14.0. The van der Waals surface area contributed by atoms with Gasteiger partial charge in [0.1, 0.15) is 5.82 Å². The highest BCUT2D eigenvalue weighted by atomic mass is 15.3. The molecule has 3 rings (SSSR count). The summed E-state index contributed by atoms with van der Waals surface area (Å²) in [7, 11) is 3.82. The number of aliphatic imine (C=N–C) groups is 1. The quantitative estimate of drug-likeness (QED) is 0.692. The van der Waals surface area contributed by atoms with Gasteiger partial charge in [0.05, 0.1) is 6.54 Å². The number of nitrogens with one attached hydrogen (secondary N) is 1. The Morgan fingerprint density at radius 3 is 2.74 bits per heavy atom. The number of likely N-dealkylation sites (tertiary alicyclic amines) is 1. The molecule has 23 heavy (non-hydrogen) atoms. The summed E-state index contributed by atoms with van der Waals surface area (Å²) in [6.07, 6.45) is 1.16. The number of benzene rings is 1. The molecule has 2 heterocycles. The van der Waals surface area contributed by atoms with Gasteiger partial charge in [0, 0.05) is 33.1 Å². The van der Waals surface area contributed by atoms with Gasteiger partial charge in [-0.05, 0) is 18.9 Å². The first-order valence-electron chi connectivity index (χ1n) is 8.04. The fraction of sp³-hybridized carbons (Fsp3) is 0.471. The smallest absolute Gasteiger partial charge is 0.194 e. The lowest BCUT2D eigenvalue weighted by atomic mass is 9.99. The van der Waals surface area contributed by atoms with Crippen molar-refractivity contribution in [3.8, 4) is 0 Å². The van der Waals surface area contributed by atoms with Crippen molar-refractivity contribution >= 4 is 5.96 Å². The first-order chi connectivity index (χ1) is 11.2. The van der Waals surface area contributed by atoms with E-state index >= 15 is 0 Å². The molecular formula is C17H24N6. The second-order valence-electron chi connectivity index (χ2n) is 5.97. The first-order valence-corrected chi connectivity index (χ1v) is 8.04. The molecule has 1 unspecified atom stereocenters. The predicted octanol–water partition coefficient (Wildman–Crippen LogP) is 1.69. The Kier molecular flexibility index (Phi) is 4.60. The Labute approximate surface area is 137 Å². The van der Waals surface area contributed by atoms with Gasteiger partial charge < -0.3 is 14.8 Å². The number of nitrogens with zero attached hydrogens (tertiary/aromatic N) is 5. The Morgan fingerprint density at radius 1 is 1.30 bits per heavy atom. The van der Waals surface area contributed by atoms with Crippen LogP contribution in [0.2, 0.25) is 0 Å². The molecule has 1 aromatic carbocycles. The van der Waals surface area contributed by atoms with Crippen molar-refractivity contribution in [3.05, 3.63) is 47.5 Å². The van der Waals surface area contributed by atoms with E-state index in [1.807, 2.05) is 25.6 Å². The lowest BCUT2D eigenvalue weighted by Gasteiger charge is -2.21. The van der Waals surface area contributed by atoms with Crippen molar-refractivity contribution in [1.82, 2.24) is 25.0 Å². The van der Waals surface area contributed by atoms with E-state index in [1.165, 1.54) is 5.56 Å². The Hall–Kier alpha value is -2.37. The van der Waals surface area contributed by atoms with Crippen LogP contribution in [-0.2, 0) is 13.6 Å². The van der Waals surface area contributed by atoms with Crippen LogP contribution in [0, 0.1) is 6.92 Å². The Balaban J connectivity index is 1.60. The molecule has 1 atom stereocenters. The fourth-order valence-corrected chi connectivity index (χ4v) is 3.05. The highest BCUT2D eigenvalue weighted by Crippen LogP contribution is 2.26. The predicted molar refractivity (Wildman–Crippen MR) is 91.3 cm³/mol. The molecular weight excluding hydrogens is 288 g/mol. The third-order valence-corrected chi connectivity index (χ3v) is 4.56. The largest absolute Gasteiger partial charge is 0.349 e. The Bertz CT molecular complexity index is 676. The van der Waals surface area contributed by atoms with Crippen molar-refractivity contribution in [3.63, 3.8) is 0 Å². The lowest BCUT2D eigenvalue weighted by Crippen LogP contribution is -2.40. The van der Waals surface area contributed by atoms with E-state index in [0.717, 1.165) is 37.1 Å². The molecule has 2 aromatic rings. The molecule has 1 aliphatic heterocycles. The molecule has 6 heteroatoms. The van der Waals surface area contributed by atoms with Crippen molar-refractivity contribution < 1.29 is 0 Å². The Morgan fingerprint density at radius 2 is 2.09 bits per heavy atom. The van der Waals surface area contributed by atoms with Crippen molar-refractivity contribution in [1.29, 1.82) is 0 Å². The summed E-state index contributed by atoms with van der Waals surface area (Å²) in [5, 5.41) is 11.7. The van der Waals surface area contributed by atoms with Crippen molar-refractivity contribution in [2.75, 3.05) is 20.1 Å². The van der Waals surface area contributed by atoms with E-state index in [2.05, 4.69) is 55.7 Å². The third kappa shape index (κ3) is 3.36. The molecule has 0 spiro atoms. The maximum absolute atomic E-state index is 4.42. The fourth-order valence-electron chi connectivity index (χ4n) is 3.05. The van der Waals surface area contributed by atoms with Gasteiger partial charge in [0.15, 0.2) is 11.8 Å². The summed E-state index contributed by atoms with van der Waals surface area (Å²) >= 11 is 0. The molecule has 1 aliphatic rings. The van der Waals surface area contributed by atoms with E-state index in [0.29, 0.717) is 12.5 Å². The molecule has 0 radical (unpaired) electrons. The van der Waals surface area contributed by atoms with Crippen LogP contribution in [0.4, 0.5) is 0 Å². The summed E-state index contributed by atoms with van der Waals surface area (Å²) < 4.78 is 2.00. The van der Waals surface area contributed by atoms with Crippen LogP contribution in [0.5, 0.6) is 0 Å². The molecule has 122 valence electrons. The third-order valence-electron chi connectivity index (χ3n) is 4.56. The van der Waals surface area contributed by atoms with Gasteiger partial charge in [0.2, 0.25) is 0 Å². The molecule has 0 amide bonds. The molecule has 1 aromatic heterocycles. The minimum atomic E-state index is 0.576. The molecule has 1 fully saturated rings. The molecule has 0 saturated carbocycles. The van der Waals surface area contributed by atoms with Crippen LogP contribution < -0.4 is 5.32 Å². The first kappa shape index (κ1) is 15.5. The van der Waals surface area contributed by atoms with E-state index in [-0.39, 0.29) is 0 Å². The highest BCUT2D eigenvalue weighted by molar-refractivity contribution is 5.80. The molecule has 0 bridgehead atoms. The molecule has 1 saturated heterocycles. The van der Waals surface area contributed by atoms with E-state index in [9.17, 15) is 0 Å². The lowest BCUT2D eigenvalue weighted by molar-refractivity contribution is 0.483. The maximum Gasteiger partial charge on any atom is 0.194 e. The van der Waals surface area contributed by atoms with Crippen molar-refractivity contribution in [2.24, 2.45) is 12.0 Å². The van der Waals surface area contributed by atoms with Crippen LogP contribution in [0.3, 0.4) is 0 Å². The molecule has 1 N–H and O–H groups in total. The van der Waals surface area contributed by atoms with Gasteiger partial charge in [-0.3, -0.25) is 4.99 Å². The van der Waals surface area contributed by atoms with Crippen LogP contribution in [0.25, 0.3) is 0 Å². The van der Waals surface area contributed by atoms with E-state index in [4.69, 9.17) is 0 Å². The number of aryl methyl sites for hydroxylation is 1. The maximum atomic E-state index is 4.42. The van der Waals surface area contributed by atoms with Crippen LogP contribution >= 0.6 is 0 Å². The number of guanidine groups is 1. The normalized spacial score (nSPS) is 18.5. The molecule has 0 aliphatic carbocycles. The highest BCUT2D eigenvalue weighted by Gasteiger charge is 2.26. The topological polar surface area (TPSA) is 58.3 Å². The zero-order chi connectivity index (χ0) is 16.2. The number of hydrogen-bond donors (Lipinski definition) is 1. The summed E-state index contributed by atoms with van der Waals surface area (Å²) in [5.74, 6) is 3.35. The summed E-state index contributed by atoms with van der Waals surface area (Å²) in [5.41, 5.74) is 1.41. The van der Waals surface area contributed by atoms with Crippen molar-refractivity contribution in [2.45, 2.75) is 25.8 Å². The van der Waals surface area contributed by atoms with Gasteiger partial charge in [-0.25, -0.2) is 0 Å². The molecule has 6 nitrogen and oxygen atoms in total. The SMILES string of the molecule is CN=C(NCc1nnc(C)n1C)N1CCC(c2ccccc2)C1. The average Bonchev–Trinajstić information content (AvgIpc) is 3.19. The second kappa shape index (κ2) is 6.81. The number of hydrogen-bond acceptors (Lipinski definition) is 3. The van der Waals surface area contributed by atoms with Gasteiger partial charge in [-0.2, -0.15) is 0 Å².